The van der Waals surface area contributed by atoms with Crippen LogP contribution in [-0.4, -0.2) is 39.7 Å². The van der Waals surface area contributed by atoms with E-state index in [1.165, 1.54) is 17.7 Å². The van der Waals surface area contributed by atoms with Gasteiger partial charge in [0, 0.05) is 18.2 Å². The number of hydrogen-bond acceptors (Lipinski definition) is 5. The second-order valence-corrected chi connectivity index (χ2v) is 8.69. The first-order chi connectivity index (χ1) is 13.2. The van der Waals surface area contributed by atoms with Crippen molar-refractivity contribution in [3.05, 3.63) is 64.7 Å². The van der Waals surface area contributed by atoms with Crippen molar-refractivity contribution < 1.29 is 22.7 Å². The number of rotatable bonds is 5. The van der Waals surface area contributed by atoms with Gasteiger partial charge >= 0.3 is 5.97 Å². The third-order valence-corrected chi connectivity index (χ3v) is 5.95. The molecule has 0 saturated heterocycles. The number of esters is 1. The maximum Gasteiger partial charge on any atom is 0.337 e. The van der Waals surface area contributed by atoms with Gasteiger partial charge in [-0.15, -0.1) is 0 Å². The Morgan fingerprint density at radius 3 is 2.39 bits per heavy atom. The minimum absolute atomic E-state index is 0.170. The summed E-state index contributed by atoms with van der Waals surface area (Å²) in [7, 11) is -2.03. The van der Waals surface area contributed by atoms with E-state index in [0.717, 1.165) is 11.1 Å². The molecular weight excluding hydrogens is 380 g/mol. The van der Waals surface area contributed by atoms with Gasteiger partial charge in [0.2, 0.25) is 10.0 Å². The van der Waals surface area contributed by atoms with E-state index >= 15 is 0 Å². The second-order valence-electron chi connectivity index (χ2n) is 6.83. The summed E-state index contributed by atoms with van der Waals surface area (Å²) < 4.78 is 30.0. The summed E-state index contributed by atoms with van der Waals surface area (Å²) in [4.78, 5) is 23.9. The highest BCUT2D eigenvalue weighted by atomic mass is 32.2. The van der Waals surface area contributed by atoms with Crippen molar-refractivity contribution >= 4 is 27.6 Å². The van der Waals surface area contributed by atoms with Crippen LogP contribution in [0, 0.1) is 0 Å². The molecule has 0 aliphatic carbocycles. The molecule has 0 spiro atoms. The van der Waals surface area contributed by atoms with Crippen molar-refractivity contribution in [1.29, 1.82) is 0 Å². The van der Waals surface area contributed by atoms with Crippen LogP contribution in [0.1, 0.15) is 38.8 Å². The van der Waals surface area contributed by atoms with Crippen molar-refractivity contribution in [2.45, 2.75) is 25.9 Å². The Morgan fingerprint density at radius 2 is 1.79 bits per heavy atom. The van der Waals surface area contributed by atoms with Crippen LogP contribution in [0.3, 0.4) is 0 Å². The van der Waals surface area contributed by atoms with Crippen LogP contribution >= 0.6 is 0 Å². The highest BCUT2D eigenvalue weighted by Crippen LogP contribution is 2.34. The zero-order valence-electron chi connectivity index (χ0n) is 15.9. The molecule has 28 heavy (non-hydrogen) atoms. The number of hydrogen-bond donors (Lipinski definition) is 1. The fourth-order valence-electron chi connectivity index (χ4n) is 3.41. The van der Waals surface area contributed by atoms with E-state index in [0.29, 0.717) is 29.8 Å². The largest absolute Gasteiger partial charge is 0.465 e. The molecule has 1 amide bonds. The Morgan fingerprint density at radius 1 is 1.14 bits per heavy atom. The van der Waals surface area contributed by atoms with Crippen LogP contribution in [0.4, 0.5) is 5.69 Å². The summed E-state index contributed by atoms with van der Waals surface area (Å²) >= 11 is 0. The van der Waals surface area contributed by atoms with Gasteiger partial charge in [-0.25, -0.2) is 13.2 Å². The van der Waals surface area contributed by atoms with Crippen LogP contribution in [0.5, 0.6) is 0 Å². The molecule has 0 saturated carbocycles. The molecule has 8 heteroatoms. The SMILES string of the molecule is COC(=O)c1ccc(CNC(=O)c2ccc3c(c2)C[C@H](C)N3S(C)(=O)=O)cc1. The molecule has 2 aromatic carbocycles. The van der Waals surface area contributed by atoms with Gasteiger partial charge in [0.15, 0.2) is 0 Å². The lowest BCUT2D eigenvalue weighted by atomic mass is 10.1. The number of anilines is 1. The van der Waals surface area contributed by atoms with Gasteiger partial charge in [0.25, 0.3) is 5.91 Å². The van der Waals surface area contributed by atoms with Crippen molar-refractivity contribution in [3.63, 3.8) is 0 Å². The average Bonchev–Trinajstić information content (AvgIpc) is 3.00. The molecule has 0 radical (unpaired) electrons. The second kappa shape index (κ2) is 7.63. The van der Waals surface area contributed by atoms with E-state index in [2.05, 4.69) is 10.1 Å². The Labute approximate surface area is 164 Å². The van der Waals surface area contributed by atoms with E-state index in [9.17, 15) is 18.0 Å². The Balaban J connectivity index is 1.69. The number of nitrogens with zero attached hydrogens (tertiary/aromatic N) is 1. The van der Waals surface area contributed by atoms with Crippen molar-refractivity contribution in [2.24, 2.45) is 0 Å². The number of ether oxygens (including phenoxy) is 1. The van der Waals surface area contributed by atoms with Crippen LogP contribution < -0.4 is 9.62 Å². The molecule has 1 atom stereocenters. The smallest absolute Gasteiger partial charge is 0.337 e. The highest BCUT2D eigenvalue weighted by molar-refractivity contribution is 7.92. The van der Waals surface area contributed by atoms with E-state index in [4.69, 9.17) is 0 Å². The van der Waals surface area contributed by atoms with Gasteiger partial charge in [-0.1, -0.05) is 12.1 Å². The summed E-state index contributed by atoms with van der Waals surface area (Å²) in [6.07, 6.45) is 1.75. The highest BCUT2D eigenvalue weighted by Gasteiger charge is 2.32. The zero-order valence-corrected chi connectivity index (χ0v) is 16.7. The molecule has 2 aromatic rings. The van der Waals surface area contributed by atoms with Crippen molar-refractivity contribution in [2.75, 3.05) is 17.7 Å². The van der Waals surface area contributed by atoms with Gasteiger partial charge in [0.1, 0.15) is 0 Å². The van der Waals surface area contributed by atoms with Gasteiger partial charge in [-0.3, -0.25) is 9.10 Å². The minimum atomic E-state index is -3.36. The molecule has 1 aliphatic heterocycles. The molecule has 1 aliphatic rings. The Kier molecular flexibility index (Phi) is 5.42. The lowest BCUT2D eigenvalue weighted by Gasteiger charge is -2.21. The monoisotopic (exact) mass is 402 g/mol. The maximum atomic E-state index is 12.5. The third kappa shape index (κ3) is 4.01. The zero-order chi connectivity index (χ0) is 20.5. The number of amides is 1. The molecule has 0 bridgehead atoms. The van der Waals surface area contributed by atoms with Crippen molar-refractivity contribution in [3.8, 4) is 0 Å². The molecule has 1 heterocycles. The fourth-order valence-corrected chi connectivity index (χ4v) is 4.67. The van der Waals surface area contributed by atoms with Crippen LogP contribution in [0.25, 0.3) is 0 Å². The Bertz CT molecular complexity index is 1020. The number of benzene rings is 2. The average molecular weight is 402 g/mol. The predicted octanol–water partition coefficient (Wildman–Crippen LogP) is 2.11. The van der Waals surface area contributed by atoms with Crippen LogP contribution in [-0.2, 0) is 27.7 Å². The first kappa shape index (κ1) is 19.9. The van der Waals surface area contributed by atoms with E-state index in [-0.39, 0.29) is 11.9 Å². The first-order valence-electron chi connectivity index (χ1n) is 8.78. The summed E-state index contributed by atoms with van der Waals surface area (Å²) in [6.45, 7) is 2.15. The Hall–Kier alpha value is -2.87. The van der Waals surface area contributed by atoms with Gasteiger partial charge < -0.3 is 10.1 Å². The summed E-state index contributed by atoms with van der Waals surface area (Å²) in [5.74, 6) is -0.656. The quantitative estimate of drug-likeness (QED) is 0.774. The number of nitrogens with one attached hydrogen (secondary N) is 1. The molecule has 0 fully saturated rings. The van der Waals surface area contributed by atoms with Gasteiger partial charge in [-0.2, -0.15) is 0 Å². The minimum Gasteiger partial charge on any atom is -0.465 e. The maximum absolute atomic E-state index is 12.5. The predicted molar refractivity (Wildman–Crippen MR) is 106 cm³/mol. The van der Waals surface area contributed by atoms with Gasteiger partial charge in [-0.05, 0) is 54.8 Å². The number of sulfonamides is 1. The number of carbonyl (C=O) groups is 2. The van der Waals surface area contributed by atoms with Crippen LogP contribution in [0.2, 0.25) is 0 Å². The fraction of sp³-hybridized carbons (Fsp3) is 0.300. The molecular formula is C20H22N2O5S. The summed E-state index contributed by atoms with van der Waals surface area (Å²) in [6, 6.07) is 11.7. The van der Waals surface area contributed by atoms with E-state index in [1.54, 1.807) is 42.5 Å². The number of fused-ring (bicyclic) bond motifs is 1. The molecule has 0 aromatic heterocycles. The first-order valence-corrected chi connectivity index (χ1v) is 10.6. The van der Waals surface area contributed by atoms with Crippen LogP contribution in [0.15, 0.2) is 42.5 Å². The van der Waals surface area contributed by atoms with E-state index in [1.807, 2.05) is 6.92 Å². The van der Waals surface area contributed by atoms with Crippen molar-refractivity contribution in [1.82, 2.24) is 5.32 Å². The van der Waals surface area contributed by atoms with E-state index < -0.39 is 16.0 Å². The lowest BCUT2D eigenvalue weighted by Crippen LogP contribution is -2.34. The topological polar surface area (TPSA) is 92.8 Å². The number of carbonyl (C=O) groups excluding carboxylic acids is 2. The molecule has 148 valence electrons. The third-order valence-electron chi connectivity index (χ3n) is 4.68. The lowest BCUT2D eigenvalue weighted by molar-refractivity contribution is 0.0600. The summed E-state index contributed by atoms with van der Waals surface area (Å²) in [5, 5.41) is 2.83. The summed E-state index contributed by atoms with van der Waals surface area (Å²) in [5.41, 5.74) is 3.24. The molecule has 3 rings (SSSR count). The van der Waals surface area contributed by atoms with Gasteiger partial charge in [0.05, 0.1) is 24.6 Å². The standard InChI is InChI=1S/C20H22N2O5S/c1-13-10-17-11-16(8-9-18(17)22(13)28(3,25)26)19(23)21-12-14-4-6-15(7-5-14)20(24)27-2/h4-9,11,13H,10,12H2,1-3H3,(H,21,23)/t13-/m0/s1. The molecule has 7 nitrogen and oxygen atoms in total. The normalized spacial score (nSPS) is 15.8. The molecule has 1 N–H and O–H groups in total. The molecule has 0 unspecified atom stereocenters. The number of methoxy groups -OCH3 is 1.